The van der Waals surface area contributed by atoms with Crippen molar-refractivity contribution in [3.8, 4) is 0 Å². The second-order valence-corrected chi connectivity index (χ2v) is 4.46. The van der Waals surface area contributed by atoms with Crippen molar-refractivity contribution >= 4 is 16.8 Å². The largest absolute Gasteiger partial charge is 0.350 e. The molecule has 0 aliphatic heterocycles. The molecule has 2 aromatic heterocycles. The first-order valence-corrected chi connectivity index (χ1v) is 6.05. The first-order valence-electron chi connectivity index (χ1n) is 6.05. The molecule has 0 saturated heterocycles. The second kappa shape index (κ2) is 4.61. The fraction of sp³-hybridized carbons (Fsp3) is 0.143. The van der Waals surface area contributed by atoms with Crippen molar-refractivity contribution in [3.63, 3.8) is 0 Å². The maximum absolute atomic E-state index is 12.2. The summed E-state index contributed by atoms with van der Waals surface area (Å²) < 4.78 is 1.96. The first-order chi connectivity index (χ1) is 9.25. The molecule has 0 radical (unpaired) electrons. The summed E-state index contributed by atoms with van der Waals surface area (Å²) in [6.07, 6.45) is 5.32. The number of para-hydroxylation sites is 1. The molecule has 0 fully saturated rings. The Morgan fingerprint density at radius 3 is 3.05 bits per heavy atom. The third-order valence-corrected chi connectivity index (χ3v) is 3.15. The summed E-state index contributed by atoms with van der Waals surface area (Å²) >= 11 is 0. The van der Waals surface area contributed by atoms with Crippen LogP contribution in [0.25, 0.3) is 10.9 Å². The molecule has 2 heterocycles. The number of nitrogens with zero attached hydrogens (tertiary/aromatic N) is 2. The summed E-state index contributed by atoms with van der Waals surface area (Å²) in [6.45, 7) is 0.471. The van der Waals surface area contributed by atoms with Crippen LogP contribution in [0.5, 0.6) is 0 Å². The minimum atomic E-state index is -0.0713. The van der Waals surface area contributed by atoms with Crippen LogP contribution in [-0.4, -0.2) is 20.7 Å². The van der Waals surface area contributed by atoms with Crippen LogP contribution in [0.1, 0.15) is 15.9 Å². The molecule has 0 aliphatic rings. The Hall–Kier alpha value is -2.56. The van der Waals surface area contributed by atoms with Gasteiger partial charge in [-0.25, -0.2) is 0 Å². The van der Waals surface area contributed by atoms with Gasteiger partial charge in [0.1, 0.15) is 0 Å². The number of hydrogen-bond donors (Lipinski definition) is 2. The molecule has 0 aliphatic carbocycles. The lowest BCUT2D eigenvalue weighted by Gasteiger charge is -2.01. The smallest absolute Gasteiger partial charge is 0.253 e. The number of carbonyl (C=O) groups is 1. The van der Waals surface area contributed by atoms with E-state index in [-0.39, 0.29) is 5.91 Å². The third-order valence-electron chi connectivity index (χ3n) is 3.15. The van der Waals surface area contributed by atoms with E-state index in [0.717, 1.165) is 16.5 Å². The van der Waals surface area contributed by atoms with Gasteiger partial charge in [-0.05, 0) is 6.07 Å². The van der Waals surface area contributed by atoms with Crippen LogP contribution in [0.15, 0.2) is 42.9 Å². The summed E-state index contributed by atoms with van der Waals surface area (Å²) in [6, 6.07) is 7.87. The van der Waals surface area contributed by atoms with Crippen molar-refractivity contribution in [1.29, 1.82) is 0 Å². The molecule has 96 valence electrons. The standard InChI is InChI=1S/C14H14N4O/c1-18-9-12(11-4-2-3-5-13(11)18)14(19)15-6-10-7-16-17-8-10/h2-5,7-9H,6H2,1H3,(H,15,19)(H,16,17). The van der Waals surface area contributed by atoms with E-state index < -0.39 is 0 Å². The zero-order chi connectivity index (χ0) is 13.2. The molecule has 1 aromatic carbocycles. The number of H-pyrrole nitrogens is 1. The minimum Gasteiger partial charge on any atom is -0.350 e. The number of amides is 1. The highest BCUT2D eigenvalue weighted by atomic mass is 16.1. The summed E-state index contributed by atoms with van der Waals surface area (Å²) in [4.78, 5) is 12.2. The van der Waals surface area contributed by atoms with E-state index >= 15 is 0 Å². The molecular weight excluding hydrogens is 240 g/mol. The Morgan fingerprint density at radius 1 is 1.42 bits per heavy atom. The lowest BCUT2D eigenvalue weighted by molar-refractivity contribution is 0.0952. The fourth-order valence-electron chi connectivity index (χ4n) is 2.17. The topological polar surface area (TPSA) is 62.7 Å². The molecule has 1 amide bonds. The molecule has 3 aromatic rings. The van der Waals surface area contributed by atoms with Gasteiger partial charge in [-0.15, -0.1) is 0 Å². The zero-order valence-electron chi connectivity index (χ0n) is 10.6. The zero-order valence-corrected chi connectivity index (χ0v) is 10.6. The number of fused-ring (bicyclic) bond motifs is 1. The average molecular weight is 254 g/mol. The minimum absolute atomic E-state index is 0.0713. The van der Waals surface area contributed by atoms with Crippen LogP contribution in [0.4, 0.5) is 0 Å². The van der Waals surface area contributed by atoms with Crippen LogP contribution in [0.2, 0.25) is 0 Å². The van der Waals surface area contributed by atoms with Gasteiger partial charge < -0.3 is 9.88 Å². The van der Waals surface area contributed by atoms with Crippen molar-refractivity contribution in [1.82, 2.24) is 20.1 Å². The van der Waals surface area contributed by atoms with Crippen molar-refractivity contribution in [2.75, 3.05) is 0 Å². The highest BCUT2D eigenvalue weighted by Crippen LogP contribution is 2.20. The molecule has 0 atom stereocenters. The van der Waals surface area contributed by atoms with E-state index in [1.165, 1.54) is 0 Å². The lowest BCUT2D eigenvalue weighted by Crippen LogP contribution is -2.22. The Bertz CT molecular complexity index is 712. The molecule has 0 unspecified atom stereocenters. The maximum Gasteiger partial charge on any atom is 0.253 e. The van der Waals surface area contributed by atoms with Gasteiger partial charge in [0.25, 0.3) is 5.91 Å². The highest BCUT2D eigenvalue weighted by molar-refractivity contribution is 6.06. The Balaban J connectivity index is 1.85. The normalized spacial score (nSPS) is 10.8. The lowest BCUT2D eigenvalue weighted by atomic mass is 10.1. The molecule has 0 spiro atoms. The summed E-state index contributed by atoms with van der Waals surface area (Å²) in [5.41, 5.74) is 2.70. The summed E-state index contributed by atoms with van der Waals surface area (Å²) in [5.74, 6) is -0.0713. The maximum atomic E-state index is 12.2. The molecule has 19 heavy (non-hydrogen) atoms. The van der Waals surface area contributed by atoms with Crippen molar-refractivity contribution < 1.29 is 4.79 Å². The fourth-order valence-corrected chi connectivity index (χ4v) is 2.17. The van der Waals surface area contributed by atoms with Crippen LogP contribution in [0.3, 0.4) is 0 Å². The number of carbonyl (C=O) groups excluding carboxylic acids is 1. The van der Waals surface area contributed by atoms with Gasteiger partial charge in [0.15, 0.2) is 0 Å². The number of aromatic amines is 1. The van der Waals surface area contributed by atoms with Crippen LogP contribution >= 0.6 is 0 Å². The van der Waals surface area contributed by atoms with Gasteiger partial charge in [0.05, 0.1) is 11.8 Å². The molecule has 0 saturated carbocycles. The van der Waals surface area contributed by atoms with Crippen molar-refractivity contribution in [2.24, 2.45) is 7.05 Å². The molecule has 5 nitrogen and oxygen atoms in total. The van der Waals surface area contributed by atoms with Crippen molar-refractivity contribution in [3.05, 3.63) is 54.0 Å². The summed E-state index contributed by atoms with van der Waals surface area (Å²) in [7, 11) is 1.94. The Labute approximate surface area is 110 Å². The average Bonchev–Trinajstić information content (AvgIpc) is 3.05. The van der Waals surface area contributed by atoms with Gasteiger partial charge in [0, 0.05) is 42.5 Å². The number of rotatable bonds is 3. The van der Waals surface area contributed by atoms with Gasteiger partial charge >= 0.3 is 0 Å². The van der Waals surface area contributed by atoms with Gasteiger partial charge in [-0.1, -0.05) is 18.2 Å². The molecule has 5 heteroatoms. The van der Waals surface area contributed by atoms with Crippen LogP contribution in [0, 0.1) is 0 Å². The van der Waals surface area contributed by atoms with E-state index in [1.54, 1.807) is 12.4 Å². The van der Waals surface area contributed by atoms with E-state index in [9.17, 15) is 4.79 Å². The van der Waals surface area contributed by atoms with Crippen molar-refractivity contribution in [2.45, 2.75) is 6.54 Å². The predicted octanol–water partition coefficient (Wildman–Crippen LogP) is 1.83. The van der Waals surface area contributed by atoms with Gasteiger partial charge in [-0.3, -0.25) is 9.89 Å². The first kappa shape index (κ1) is 11.5. The number of benzene rings is 1. The quantitative estimate of drug-likeness (QED) is 0.749. The second-order valence-electron chi connectivity index (χ2n) is 4.46. The predicted molar refractivity (Wildman–Crippen MR) is 72.7 cm³/mol. The Kier molecular flexibility index (Phi) is 2.79. The monoisotopic (exact) mass is 254 g/mol. The van der Waals surface area contributed by atoms with E-state index in [2.05, 4.69) is 15.5 Å². The molecular formula is C14H14N4O. The molecule has 3 rings (SSSR count). The van der Waals surface area contributed by atoms with Gasteiger partial charge in [-0.2, -0.15) is 5.10 Å². The number of aromatic nitrogens is 3. The molecule has 2 N–H and O–H groups in total. The van der Waals surface area contributed by atoms with Crippen LogP contribution < -0.4 is 5.32 Å². The SMILES string of the molecule is Cn1cc(C(=O)NCc2cn[nH]c2)c2ccccc21. The third kappa shape index (κ3) is 2.10. The number of aryl methyl sites for hydroxylation is 1. The summed E-state index contributed by atoms with van der Waals surface area (Å²) in [5, 5.41) is 10.4. The molecule has 0 bridgehead atoms. The van der Waals surface area contributed by atoms with Gasteiger partial charge in [0.2, 0.25) is 0 Å². The number of nitrogens with one attached hydrogen (secondary N) is 2. The van der Waals surface area contributed by atoms with E-state index in [4.69, 9.17) is 0 Å². The van der Waals surface area contributed by atoms with Crippen LogP contribution in [-0.2, 0) is 13.6 Å². The van der Waals surface area contributed by atoms with E-state index in [1.807, 2.05) is 42.1 Å². The van der Waals surface area contributed by atoms with E-state index in [0.29, 0.717) is 12.1 Å². The Morgan fingerprint density at radius 2 is 2.26 bits per heavy atom. The number of hydrogen-bond acceptors (Lipinski definition) is 2. The highest BCUT2D eigenvalue weighted by Gasteiger charge is 2.13.